The van der Waals surface area contributed by atoms with Crippen LogP contribution in [-0.4, -0.2) is 17.6 Å². The minimum Gasteiger partial charge on any atom is -0.477 e. The van der Waals surface area contributed by atoms with Crippen LogP contribution in [0.5, 0.6) is 0 Å². The van der Waals surface area contributed by atoms with Gasteiger partial charge >= 0.3 is 5.97 Å². The van der Waals surface area contributed by atoms with Gasteiger partial charge in [-0.05, 0) is 41.8 Å². The largest absolute Gasteiger partial charge is 0.477 e. The highest BCUT2D eigenvalue weighted by Crippen LogP contribution is 2.36. The summed E-state index contributed by atoms with van der Waals surface area (Å²) in [6.45, 7) is 3.93. The first-order chi connectivity index (χ1) is 7.18. The van der Waals surface area contributed by atoms with Gasteiger partial charge in [0.05, 0.1) is 0 Å². The van der Waals surface area contributed by atoms with Crippen molar-refractivity contribution in [1.29, 1.82) is 0 Å². The van der Waals surface area contributed by atoms with Gasteiger partial charge in [0.1, 0.15) is 4.88 Å². The van der Waals surface area contributed by atoms with Crippen LogP contribution in [0.2, 0.25) is 0 Å². The van der Waals surface area contributed by atoms with Gasteiger partial charge in [-0.2, -0.15) is 0 Å². The smallest absolute Gasteiger partial charge is 0.346 e. The van der Waals surface area contributed by atoms with Gasteiger partial charge in [-0.3, -0.25) is 0 Å². The van der Waals surface area contributed by atoms with Crippen molar-refractivity contribution in [3.63, 3.8) is 0 Å². The average molecular weight is 225 g/mol. The maximum absolute atomic E-state index is 10.8. The van der Waals surface area contributed by atoms with E-state index in [0.717, 1.165) is 23.9 Å². The van der Waals surface area contributed by atoms with E-state index >= 15 is 0 Å². The Balaban J connectivity index is 1.82. The SMILES string of the molecule is CC1CC1CNCc1ccsc1C(=O)O. The van der Waals surface area contributed by atoms with Crippen LogP contribution in [0.25, 0.3) is 0 Å². The van der Waals surface area contributed by atoms with Crippen LogP contribution < -0.4 is 5.32 Å². The lowest BCUT2D eigenvalue weighted by Gasteiger charge is -2.03. The Hall–Kier alpha value is -0.870. The first-order valence-corrected chi connectivity index (χ1v) is 6.07. The first-order valence-electron chi connectivity index (χ1n) is 5.19. The van der Waals surface area contributed by atoms with E-state index in [4.69, 9.17) is 5.11 Å². The lowest BCUT2D eigenvalue weighted by Crippen LogP contribution is -2.17. The quantitative estimate of drug-likeness (QED) is 0.807. The molecule has 0 saturated heterocycles. The number of rotatable bonds is 5. The molecule has 0 radical (unpaired) electrons. The number of aromatic carboxylic acids is 1. The first kappa shape index (κ1) is 10.6. The molecule has 82 valence electrons. The fourth-order valence-electron chi connectivity index (χ4n) is 1.74. The predicted molar refractivity (Wildman–Crippen MR) is 60.3 cm³/mol. The molecule has 1 aromatic rings. The van der Waals surface area contributed by atoms with Crippen LogP contribution in [-0.2, 0) is 6.54 Å². The summed E-state index contributed by atoms with van der Waals surface area (Å²) in [6.07, 6.45) is 1.31. The van der Waals surface area contributed by atoms with Crippen LogP contribution in [0.1, 0.15) is 28.6 Å². The molecule has 2 atom stereocenters. The highest BCUT2D eigenvalue weighted by atomic mass is 32.1. The zero-order chi connectivity index (χ0) is 10.8. The molecule has 2 unspecified atom stereocenters. The molecule has 0 aromatic carbocycles. The number of nitrogens with one attached hydrogen (secondary N) is 1. The van der Waals surface area contributed by atoms with Crippen molar-refractivity contribution in [3.05, 3.63) is 21.9 Å². The molecule has 0 bridgehead atoms. The molecular formula is C11H15NO2S. The third kappa shape index (κ3) is 2.58. The summed E-state index contributed by atoms with van der Waals surface area (Å²) >= 11 is 1.29. The van der Waals surface area contributed by atoms with E-state index in [0.29, 0.717) is 11.4 Å². The van der Waals surface area contributed by atoms with Gasteiger partial charge in [-0.1, -0.05) is 6.92 Å². The Morgan fingerprint density at radius 1 is 1.73 bits per heavy atom. The van der Waals surface area contributed by atoms with Gasteiger partial charge in [0.15, 0.2) is 0 Å². The third-order valence-corrected chi connectivity index (χ3v) is 3.88. The van der Waals surface area contributed by atoms with Gasteiger partial charge in [-0.15, -0.1) is 11.3 Å². The summed E-state index contributed by atoms with van der Waals surface area (Å²) in [6, 6.07) is 1.89. The molecule has 4 heteroatoms. The lowest BCUT2D eigenvalue weighted by molar-refractivity contribution is 0.0701. The number of hydrogen-bond acceptors (Lipinski definition) is 3. The summed E-state index contributed by atoms with van der Waals surface area (Å²) in [5, 5.41) is 14.1. The molecule has 15 heavy (non-hydrogen) atoms. The van der Waals surface area contributed by atoms with Gasteiger partial charge in [0, 0.05) is 6.54 Å². The highest BCUT2D eigenvalue weighted by Gasteiger charge is 2.31. The number of thiophene rings is 1. The van der Waals surface area contributed by atoms with E-state index in [9.17, 15) is 4.79 Å². The summed E-state index contributed by atoms with van der Waals surface area (Å²) in [7, 11) is 0. The topological polar surface area (TPSA) is 49.3 Å². The second-order valence-corrected chi connectivity index (χ2v) is 5.10. The lowest BCUT2D eigenvalue weighted by atomic mass is 10.2. The van der Waals surface area contributed by atoms with E-state index in [1.807, 2.05) is 11.4 Å². The zero-order valence-corrected chi connectivity index (χ0v) is 9.51. The standard InChI is InChI=1S/C11H15NO2S/c1-7-4-9(7)6-12-5-8-2-3-15-10(8)11(13)14/h2-3,7,9,12H,4-6H2,1H3,(H,13,14). The number of carbonyl (C=O) groups is 1. The molecule has 2 N–H and O–H groups in total. The monoisotopic (exact) mass is 225 g/mol. The maximum Gasteiger partial charge on any atom is 0.346 e. The fourth-order valence-corrected chi connectivity index (χ4v) is 2.50. The average Bonchev–Trinajstić information content (AvgIpc) is 2.71. The Morgan fingerprint density at radius 3 is 3.07 bits per heavy atom. The number of hydrogen-bond donors (Lipinski definition) is 2. The molecule has 0 amide bonds. The maximum atomic E-state index is 10.8. The molecule has 1 heterocycles. The van der Waals surface area contributed by atoms with E-state index in [2.05, 4.69) is 12.2 Å². The van der Waals surface area contributed by atoms with Gasteiger partial charge in [-0.25, -0.2) is 4.79 Å². The second-order valence-electron chi connectivity index (χ2n) is 4.18. The fraction of sp³-hybridized carbons (Fsp3) is 0.545. The summed E-state index contributed by atoms with van der Waals surface area (Å²) in [4.78, 5) is 11.3. The van der Waals surface area contributed by atoms with Gasteiger partial charge < -0.3 is 10.4 Å². The molecule has 3 nitrogen and oxygen atoms in total. The van der Waals surface area contributed by atoms with Gasteiger partial charge in [0.2, 0.25) is 0 Å². The summed E-state index contributed by atoms with van der Waals surface area (Å²) < 4.78 is 0. The predicted octanol–water partition coefficient (Wildman–Crippen LogP) is 2.19. The Kier molecular flexibility index (Phi) is 3.07. The number of carboxylic acids is 1. The molecule has 1 aliphatic rings. The van der Waals surface area contributed by atoms with Crippen molar-refractivity contribution >= 4 is 17.3 Å². The van der Waals surface area contributed by atoms with Crippen molar-refractivity contribution in [1.82, 2.24) is 5.32 Å². The molecule has 0 spiro atoms. The molecule has 1 aliphatic carbocycles. The second kappa shape index (κ2) is 4.33. The molecule has 0 aliphatic heterocycles. The van der Waals surface area contributed by atoms with Crippen molar-refractivity contribution in [2.24, 2.45) is 11.8 Å². The van der Waals surface area contributed by atoms with Crippen LogP contribution in [0.15, 0.2) is 11.4 Å². The van der Waals surface area contributed by atoms with Crippen LogP contribution in [0, 0.1) is 11.8 Å². The molecule has 1 fully saturated rings. The summed E-state index contributed by atoms with van der Waals surface area (Å²) in [5.41, 5.74) is 0.904. The van der Waals surface area contributed by atoms with Crippen molar-refractivity contribution in [3.8, 4) is 0 Å². The van der Waals surface area contributed by atoms with Crippen molar-refractivity contribution in [2.45, 2.75) is 19.9 Å². The highest BCUT2D eigenvalue weighted by molar-refractivity contribution is 7.12. The van der Waals surface area contributed by atoms with E-state index in [1.165, 1.54) is 17.8 Å². The number of carboxylic acid groups (broad SMARTS) is 1. The Bertz CT molecular complexity index is 361. The van der Waals surface area contributed by atoms with E-state index < -0.39 is 5.97 Å². The van der Waals surface area contributed by atoms with Crippen molar-refractivity contribution in [2.75, 3.05) is 6.54 Å². The van der Waals surface area contributed by atoms with Crippen LogP contribution in [0.3, 0.4) is 0 Å². The third-order valence-electron chi connectivity index (χ3n) is 2.94. The normalized spacial score (nSPS) is 24.1. The molecule has 2 rings (SSSR count). The molecular weight excluding hydrogens is 210 g/mol. The zero-order valence-electron chi connectivity index (χ0n) is 8.69. The minimum absolute atomic E-state index is 0.464. The van der Waals surface area contributed by atoms with Gasteiger partial charge in [0.25, 0.3) is 0 Å². The minimum atomic E-state index is -0.818. The van der Waals surface area contributed by atoms with Crippen LogP contribution in [0.4, 0.5) is 0 Å². The van der Waals surface area contributed by atoms with Crippen LogP contribution >= 0.6 is 11.3 Å². The Morgan fingerprint density at radius 2 is 2.47 bits per heavy atom. The molecule has 1 saturated carbocycles. The summed E-state index contributed by atoms with van der Waals surface area (Å²) in [5.74, 6) is 0.831. The van der Waals surface area contributed by atoms with Crippen molar-refractivity contribution < 1.29 is 9.90 Å². The van der Waals surface area contributed by atoms with E-state index in [1.54, 1.807) is 0 Å². The Labute approximate surface area is 93.1 Å². The molecule has 1 aromatic heterocycles. The van der Waals surface area contributed by atoms with E-state index in [-0.39, 0.29) is 0 Å².